The monoisotopic (exact) mass is 344 g/mol. The second-order valence-corrected chi connectivity index (χ2v) is 5.80. The maximum Gasteiger partial charge on any atom is 0.256 e. The number of piperazine rings is 1. The Morgan fingerprint density at radius 2 is 1.36 bits per heavy atom. The predicted octanol–water partition coefficient (Wildman–Crippen LogP) is 1.84. The first-order chi connectivity index (χ1) is 12.0. The number of phenols is 2. The van der Waals surface area contributed by atoms with Crippen LogP contribution in [0.1, 0.15) is 20.7 Å². The van der Waals surface area contributed by atoms with Gasteiger partial charge < -0.3 is 20.0 Å². The Balaban J connectivity index is 1.66. The topological polar surface area (TPSA) is 81.1 Å². The van der Waals surface area contributed by atoms with Gasteiger partial charge in [-0.1, -0.05) is 12.1 Å². The Morgan fingerprint density at radius 1 is 0.840 bits per heavy atom. The normalized spacial score (nSPS) is 14.4. The number of carbonyl (C=O) groups excluding carboxylic acids is 2. The SMILES string of the molecule is O=C(c1cc(O)cc(O)c1)N1CCN(C(=O)c2ccccc2F)CC1. The minimum absolute atomic E-state index is 0.0141. The first-order valence-corrected chi connectivity index (χ1v) is 7.82. The molecule has 2 N–H and O–H groups in total. The average Bonchev–Trinajstić information content (AvgIpc) is 2.60. The van der Waals surface area contributed by atoms with Gasteiger partial charge in [0.1, 0.15) is 17.3 Å². The van der Waals surface area contributed by atoms with E-state index in [9.17, 15) is 24.2 Å². The van der Waals surface area contributed by atoms with Crippen LogP contribution in [0.3, 0.4) is 0 Å². The van der Waals surface area contributed by atoms with E-state index in [1.54, 1.807) is 6.07 Å². The number of hydrogen-bond acceptors (Lipinski definition) is 4. The van der Waals surface area contributed by atoms with E-state index in [0.717, 1.165) is 6.07 Å². The van der Waals surface area contributed by atoms with Crippen molar-refractivity contribution >= 4 is 11.8 Å². The molecule has 3 rings (SSSR count). The van der Waals surface area contributed by atoms with E-state index in [2.05, 4.69) is 0 Å². The van der Waals surface area contributed by atoms with Crippen LogP contribution in [0.5, 0.6) is 11.5 Å². The maximum atomic E-state index is 13.7. The molecule has 6 nitrogen and oxygen atoms in total. The van der Waals surface area contributed by atoms with Crippen molar-refractivity contribution in [3.05, 3.63) is 59.4 Å². The summed E-state index contributed by atoms with van der Waals surface area (Å²) in [6.45, 7) is 1.14. The number of carbonyl (C=O) groups is 2. The van der Waals surface area contributed by atoms with E-state index in [0.29, 0.717) is 0 Å². The van der Waals surface area contributed by atoms with Gasteiger partial charge in [0.15, 0.2) is 0 Å². The van der Waals surface area contributed by atoms with Crippen molar-refractivity contribution in [1.82, 2.24) is 9.80 Å². The summed E-state index contributed by atoms with van der Waals surface area (Å²) in [5.74, 6) is -1.71. The Hall–Kier alpha value is -3.09. The van der Waals surface area contributed by atoms with Crippen molar-refractivity contribution in [1.29, 1.82) is 0 Å². The van der Waals surface area contributed by atoms with Gasteiger partial charge in [-0.15, -0.1) is 0 Å². The zero-order valence-electron chi connectivity index (χ0n) is 13.4. The molecular formula is C18H17FN2O4. The van der Waals surface area contributed by atoms with Crippen molar-refractivity contribution in [2.24, 2.45) is 0 Å². The first kappa shape index (κ1) is 16.8. The highest BCUT2D eigenvalue weighted by molar-refractivity contribution is 5.96. The number of phenolic OH excluding ortho intramolecular Hbond substituents is 2. The number of hydrogen-bond donors (Lipinski definition) is 2. The van der Waals surface area contributed by atoms with Crippen LogP contribution in [0.25, 0.3) is 0 Å². The molecule has 1 aliphatic heterocycles. The summed E-state index contributed by atoms with van der Waals surface area (Å²) in [5, 5.41) is 19.0. The number of halogens is 1. The van der Waals surface area contributed by atoms with E-state index >= 15 is 0 Å². The summed E-state index contributed by atoms with van der Waals surface area (Å²) >= 11 is 0. The van der Waals surface area contributed by atoms with Gasteiger partial charge >= 0.3 is 0 Å². The first-order valence-electron chi connectivity index (χ1n) is 7.82. The van der Waals surface area contributed by atoms with E-state index < -0.39 is 11.7 Å². The number of amides is 2. The van der Waals surface area contributed by atoms with E-state index in [1.807, 2.05) is 0 Å². The highest BCUT2D eigenvalue weighted by Crippen LogP contribution is 2.22. The van der Waals surface area contributed by atoms with Crippen molar-refractivity contribution in [2.45, 2.75) is 0 Å². The second-order valence-electron chi connectivity index (χ2n) is 5.80. The average molecular weight is 344 g/mol. The summed E-state index contributed by atoms with van der Waals surface area (Å²) in [4.78, 5) is 27.8. The van der Waals surface area contributed by atoms with Crippen molar-refractivity contribution < 1.29 is 24.2 Å². The van der Waals surface area contributed by atoms with E-state index in [-0.39, 0.29) is 54.7 Å². The van der Waals surface area contributed by atoms with Crippen LogP contribution < -0.4 is 0 Å². The molecule has 0 saturated carbocycles. The Morgan fingerprint density at radius 3 is 1.92 bits per heavy atom. The molecular weight excluding hydrogens is 327 g/mol. The van der Waals surface area contributed by atoms with E-state index in [4.69, 9.17) is 0 Å². The van der Waals surface area contributed by atoms with Gasteiger partial charge in [-0.05, 0) is 24.3 Å². The van der Waals surface area contributed by atoms with Crippen LogP contribution in [0.4, 0.5) is 4.39 Å². The summed E-state index contributed by atoms with van der Waals surface area (Å²) in [6, 6.07) is 9.49. The number of benzene rings is 2. The van der Waals surface area contributed by atoms with Crippen LogP contribution in [-0.2, 0) is 0 Å². The third-order valence-electron chi connectivity index (χ3n) is 4.11. The molecule has 0 aliphatic carbocycles. The molecule has 2 aromatic carbocycles. The smallest absolute Gasteiger partial charge is 0.256 e. The third-order valence-corrected chi connectivity index (χ3v) is 4.11. The van der Waals surface area contributed by atoms with Crippen LogP contribution >= 0.6 is 0 Å². The molecule has 0 atom stereocenters. The predicted molar refractivity (Wildman–Crippen MR) is 88.0 cm³/mol. The molecule has 2 aromatic rings. The molecule has 130 valence electrons. The Bertz CT molecular complexity index is 796. The van der Waals surface area contributed by atoms with Gasteiger partial charge in [-0.3, -0.25) is 9.59 Å². The zero-order chi connectivity index (χ0) is 18.0. The Labute approximate surface area is 143 Å². The van der Waals surface area contributed by atoms with Crippen LogP contribution in [0.2, 0.25) is 0 Å². The molecule has 1 heterocycles. The summed E-state index contributed by atoms with van der Waals surface area (Å²) < 4.78 is 13.7. The van der Waals surface area contributed by atoms with Gasteiger partial charge in [-0.2, -0.15) is 0 Å². The minimum atomic E-state index is -0.568. The molecule has 0 bridgehead atoms. The third kappa shape index (κ3) is 3.55. The standard InChI is InChI=1S/C18H17FN2O4/c19-16-4-2-1-3-15(16)18(25)21-7-5-20(6-8-21)17(24)12-9-13(22)11-14(23)10-12/h1-4,9-11,22-23H,5-8H2. The lowest BCUT2D eigenvalue weighted by Gasteiger charge is -2.35. The highest BCUT2D eigenvalue weighted by Gasteiger charge is 2.27. The van der Waals surface area contributed by atoms with Crippen LogP contribution in [0, 0.1) is 5.82 Å². The molecule has 0 unspecified atom stereocenters. The molecule has 0 spiro atoms. The molecule has 1 saturated heterocycles. The number of aromatic hydroxyl groups is 2. The second kappa shape index (κ2) is 6.80. The van der Waals surface area contributed by atoms with Crippen LogP contribution in [0.15, 0.2) is 42.5 Å². The number of rotatable bonds is 2. The molecule has 2 amide bonds. The van der Waals surface area contributed by atoms with Gasteiger partial charge in [0.25, 0.3) is 11.8 Å². The lowest BCUT2D eigenvalue weighted by atomic mass is 10.1. The summed E-state index contributed by atoms with van der Waals surface area (Å²) in [7, 11) is 0. The van der Waals surface area contributed by atoms with Gasteiger partial charge in [0.2, 0.25) is 0 Å². The summed E-state index contributed by atoms with van der Waals surface area (Å²) in [6.07, 6.45) is 0. The van der Waals surface area contributed by atoms with Crippen LogP contribution in [-0.4, -0.2) is 58.0 Å². The van der Waals surface area contributed by atoms with Crippen molar-refractivity contribution in [3.8, 4) is 11.5 Å². The molecule has 7 heteroatoms. The van der Waals surface area contributed by atoms with Gasteiger partial charge in [0.05, 0.1) is 5.56 Å². The lowest BCUT2D eigenvalue weighted by molar-refractivity contribution is 0.0532. The lowest BCUT2D eigenvalue weighted by Crippen LogP contribution is -2.50. The fourth-order valence-corrected chi connectivity index (χ4v) is 2.82. The quantitative estimate of drug-likeness (QED) is 0.871. The van der Waals surface area contributed by atoms with Crippen molar-refractivity contribution in [2.75, 3.05) is 26.2 Å². The minimum Gasteiger partial charge on any atom is -0.508 e. The fourth-order valence-electron chi connectivity index (χ4n) is 2.82. The van der Waals surface area contributed by atoms with Gasteiger partial charge in [0, 0.05) is 37.8 Å². The van der Waals surface area contributed by atoms with Crippen molar-refractivity contribution in [3.63, 3.8) is 0 Å². The van der Waals surface area contributed by atoms with Gasteiger partial charge in [-0.25, -0.2) is 4.39 Å². The highest BCUT2D eigenvalue weighted by atomic mass is 19.1. The molecule has 0 aromatic heterocycles. The number of nitrogens with zero attached hydrogens (tertiary/aromatic N) is 2. The molecule has 25 heavy (non-hydrogen) atoms. The largest absolute Gasteiger partial charge is 0.508 e. The summed E-state index contributed by atoms with van der Waals surface area (Å²) in [5.41, 5.74) is 0.187. The molecule has 0 radical (unpaired) electrons. The van der Waals surface area contributed by atoms with E-state index in [1.165, 1.54) is 40.1 Å². The fraction of sp³-hybridized carbons (Fsp3) is 0.222. The molecule has 1 fully saturated rings. The molecule has 1 aliphatic rings. The zero-order valence-corrected chi connectivity index (χ0v) is 13.4. The Kier molecular flexibility index (Phi) is 4.56. The maximum absolute atomic E-state index is 13.7.